The van der Waals surface area contributed by atoms with Crippen LogP contribution >= 0.6 is 11.8 Å². The number of nitrogen functional groups attached to an aromatic ring is 1. The van der Waals surface area contributed by atoms with Crippen molar-refractivity contribution in [3.8, 4) is 5.95 Å². The fraction of sp³-hybridized carbons (Fsp3) is 0.278. The number of anilines is 1. The van der Waals surface area contributed by atoms with Gasteiger partial charge in [0.25, 0.3) is 5.95 Å². The maximum Gasteiger partial charge on any atom is 0.271 e. The summed E-state index contributed by atoms with van der Waals surface area (Å²) in [4.78, 5) is 25.3. The Hall–Kier alpha value is -3.41. The van der Waals surface area contributed by atoms with Gasteiger partial charge in [-0.25, -0.2) is 13.7 Å². The van der Waals surface area contributed by atoms with Gasteiger partial charge in [-0.3, -0.25) is 9.59 Å². The molecule has 0 saturated carbocycles. The number of carbonyl (C=O) groups is 2. The third-order valence-corrected chi connectivity index (χ3v) is 5.12. The van der Waals surface area contributed by atoms with Crippen LogP contribution in [0.15, 0.2) is 35.5 Å². The number of halogens is 1. The zero-order chi connectivity index (χ0) is 21.8. The molecule has 0 aliphatic heterocycles. The van der Waals surface area contributed by atoms with E-state index in [2.05, 4.69) is 15.3 Å². The summed E-state index contributed by atoms with van der Waals surface area (Å²) in [6, 6.07) is 7.29. The molecule has 0 unspecified atom stereocenters. The first-order valence-corrected chi connectivity index (χ1v) is 9.96. The quantitative estimate of drug-likeness (QED) is 0.399. The first-order valence-electron chi connectivity index (χ1n) is 8.97. The van der Waals surface area contributed by atoms with E-state index >= 15 is 0 Å². The number of hydrogen-bond acceptors (Lipinski definition) is 7. The molecule has 0 atom stereocenters. The van der Waals surface area contributed by atoms with E-state index in [9.17, 15) is 14.0 Å². The second-order valence-electron chi connectivity index (χ2n) is 6.52. The second kappa shape index (κ2) is 8.95. The monoisotopic (exact) mass is 432 g/mol. The van der Waals surface area contributed by atoms with Crippen LogP contribution < -0.4 is 16.5 Å². The van der Waals surface area contributed by atoms with Crippen molar-refractivity contribution >= 4 is 29.3 Å². The molecule has 12 heteroatoms. The lowest BCUT2D eigenvalue weighted by Gasteiger charge is -2.22. The van der Waals surface area contributed by atoms with Crippen LogP contribution in [0.4, 0.5) is 10.1 Å². The van der Waals surface area contributed by atoms with Crippen molar-refractivity contribution in [1.29, 1.82) is 0 Å². The van der Waals surface area contributed by atoms with E-state index < -0.39 is 11.7 Å². The number of primary amides is 1. The summed E-state index contributed by atoms with van der Waals surface area (Å²) >= 11 is 1.09. The number of nitrogens with two attached hydrogens (primary N) is 2. The number of hydrogen-bond donors (Lipinski definition) is 2. The van der Waals surface area contributed by atoms with Gasteiger partial charge < -0.3 is 16.5 Å². The number of amides is 2. The zero-order valence-corrected chi connectivity index (χ0v) is 17.3. The van der Waals surface area contributed by atoms with Crippen LogP contribution in [0.5, 0.6) is 0 Å². The summed E-state index contributed by atoms with van der Waals surface area (Å²) in [5.74, 6) is 5.09. The summed E-state index contributed by atoms with van der Waals surface area (Å²) in [6.07, 6.45) is -0.0249. The average molecular weight is 432 g/mol. The lowest BCUT2D eigenvalue weighted by Crippen LogP contribution is -2.35. The largest absolute Gasteiger partial charge is 0.370 e. The maximum absolute atomic E-state index is 13.2. The highest BCUT2D eigenvalue weighted by Crippen LogP contribution is 2.21. The van der Waals surface area contributed by atoms with Crippen molar-refractivity contribution in [2.45, 2.75) is 25.4 Å². The number of carbonyl (C=O) groups excluding carboxylic acids is 2. The van der Waals surface area contributed by atoms with Crippen molar-refractivity contribution in [3.05, 3.63) is 47.5 Å². The number of benzene rings is 1. The van der Waals surface area contributed by atoms with Gasteiger partial charge in [-0.05, 0) is 44.2 Å². The molecule has 0 radical (unpaired) electrons. The number of thioether (sulfide) groups is 1. The van der Waals surface area contributed by atoms with Crippen LogP contribution in [0.25, 0.3) is 5.95 Å². The van der Waals surface area contributed by atoms with Crippen LogP contribution in [0.2, 0.25) is 0 Å². The molecule has 2 amide bonds. The standard InChI is InChI=1S/C18H21FN8O2S/c1-11-9-12(2)27(24-11)17-22-23-18(26(17)21)30-10-16(29)25(8-7-15(20)28)14-5-3-13(19)4-6-14/h3-6,9H,7-8,10,21H2,1-2H3,(H2,20,28). The third kappa shape index (κ3) is 4.76. The molecule has 30 heavy (non-hydrogen) atoms. The highest BCUT2D eigenvalue weighted by molar-refractivity contribution is 7.99. The van der Waals surface area contributed by atoms with Crippen molar-refractivity contribution in [2.24, 2.45) is 5.73 Å². The van der Waals surface area contributed by atoms with Gasteiger partial charge in [0, 0.05) is 24.3 Å². The highest BCUT2D eigenvalue weighted by atomic mass is 32.2. The van der Waals surface area contributed by atoms with Crippen LogP contribution in [0, 0.1) is 19.7 Å². The van der Waals surface area contributed by atoms with E-state index in [1.54, 1.807) is 4.68 Å². The van der Waals surface area contributed by atoms with Gasteiger partial charge in [0.2, 0.25) is 17.0 Å². The van der Waals surface area contributed by atoms with Gasteiger partial charge in [0.05, 0.1) is 11.4 Å². The lowest BCUT2D eigenvalue weighted by atomic mass is 10.2. The Kier molecular flexibility index (Phi) is 6.35. The molecule has 0 saturated heterocycles. The zero-order valence-electron chi connectivity index (χ0n) is 16.4. The molecular formula is C18H21FN8O2S. The van der Waals surface area contributed by atoms with Crippen LogP contribution in [0.1, 0.15) is 17.8 Å². The van der Waals surface area contributed by atoms with E-state index in [0.29, 0.717) is 16.8 Å². The highest BCUT2D eigenvalue weighted by Gasteiger charge is 2.20. The molecule has 2 aromatic heterocycles. The van der Waals surface area contributed by atoms with E-state index in [1.807, 2.05) is 19.9 Å². The minimum atomic E-state index is -0.543. The maximum atomic E-state index is 13.2. The smallest absolute Gasteiger partial charge is 0.271 e. The van der Waals surface area contributed by atoms with Gasteiger partial charge >= 0.3 is 0 Å². The lowest BCUT2D eigenvalue weighted by molar-refractivity contribution is -0.118. The Morgan fingerprint density at radius 3 is 2.50 bits per heavy atom. The first-order chi connectivity index (χ1) is 14.3. The molecule has 0 bridgehead atoms. The van der Waals surface area contributed by atoms with E-state index in [0.717, 1.165) is 23.1 Å². The van der Waals surface area contributed by atoms with Crippen LogP contribution in [0.3, 0.4) is 0 Å². The predicted molar refractivity (Wildman–Crippen MR) is 110 cm³/mol. The first kappa shape index (κ1) is 21.3. The molecule has 0 aliphatic carbocycles. The van der Waals surface area contributed by atoms with Crippen molar-refractivity contribution in [1.82, 2.24) is 24.7 Å². The Morgan fingerprint density at radius 1 is 1.20 bits per heavy atom. The Morgan fingerprint density at radius 2 is 1.90 bits per heavy atom. The summed E-state index contributed by atoms with van der Waals surface area (Å²) in [5, 5.41) is 12.7. The molecule has 1 aromatic carbocycles. The third-order valence-electron chi connectivity index (χ3n) is 4.19. The molecule has 0 aliphatic rings. The Labute approximate surface area is 176 Å². The summed E-state index contributed by atoms with van der Waals surface area (Å²) in [6.45, 7) is 3.79. The van der Waals surface area contributed by atoms with Gasteiger partial charge in [-0.2, -0.15) is 5.10 Å². The number of nitrogens with zero attached hydrogens (tertiary/aromatic N) is 6. The van der Waals surface area contributed by atoms with Crippen LogP contribution in [-0.2, 0) is 9.59 Å². The van der Waals surface area contributed by atoms with Crippen molar-refractivity contribution < 1.29 is 14.0 Å². The molecule has 4 N–H and O–H groups in total. The van der Waals surface area contributed by atoms with Crippen LogP contribution in [-0.4, -0.2) is 48.8 Å². The molecule has 0 fully saturated rings. The van der Waals surface area contributed by atoms with Gasteiger partial charge in [-0.1, -0.05) is 11.8 Å². The normalized spacial score (nSPS) is 10.9. The van der Waals surface area contributed by atoms with Crippen molar-refractivity contribution in [3.63, 3.8) is 0 Å². The molecule has 0 spiro atoms. The molecule has 3 aromatic rings. The van der Waals surface area contributed by atoms with E-state index in [-0.39, 0.29) is 24.6 Å². The molecule has 2 heterocycles. The number of rotatable bonds is 8. The summed E-state index contributed by atoms with van der Waals surface area (Å²) in [7, 11) is 0. The van der Waals surface area contributed by atoms with Gasteiger partial charge in [0.15, 0.2) is 0 Å². The fourth-order valence-corrected chi connectivity index (χ4v) is 3.52. The topological polar surface area (TPSA) is 138 Å². The average Bonchev–Trinajstić information content (AvgIpc) is 3.22. The van der Waals surface area contributed by atoms with Gasteiger partial charge in [0.1, 0.15) is 5.82 Å². The Balaban J connectivity index is 1.74. The molecular weight excluding hydrogens is 411 g/mol. The summed E-state index contributed by atoms with van der Waals surface area (Å²) in [5.41, 5.74) is 7.32. The summed E-state index contributed by atoms with van der Waals surface area (Å²) < 4.78 is 16.0. The van der Waals surface area contributed by atoms with E-state index in [4.69, 9.17) is 11.6 Å². The molecule has 3 rings (SSSR count). The minimum Gasteiger partial charge on any atom is -0.370 e. The fourth-order valence-electron chi connectivity index (χ4n) is 2.79. The molecule has 158 valence electrons. The van der Waals surface area contributed by atoms with E-state index in [1.165, 1.54) is 33.8 Å². The molecule has 10 nitrogen and oxygen atoms in total. The van der Waals surface area contributed by atoms with Gasteiger partial charge in [-0.15, -0.1) is 10.2 Å². The Bertz CT molecular complexity index is 1060. The number of aromatic nitrogens is 5. The second-order valence-corrected chi connectivity index (χ2v) is 7.46. The SMILES string of the molecule is Cc1cc(C)n(-c2nnc(SCC(=O)N(CCC(N)=O)c3ccc(F)cc3)n2N)n1. The van der Waals surface area contributed by atoms with Crippen molar-refractivity contribution in [2.75, 3.05) is 23.0 Å². The predicted octanol–water partition coefficient (Wildman–Crippen LogP) is 0.934. The minimum absolute atomic E-state index is 0.0249. The number of aryl methyl sites for hydroxylation is 2.